The molecule has 2 N–H and O–H groups in total. The molecule has 110 valence electrons. The second-order valence-electron chi connectivity index (χ2n) is 6.56. The minimum atomic E-state index is -0.772. The summed E-state index contributed by atoms with van der Waals surface area (Å²) in [6, 6.07) is 0. The van der Waals surface area contributed by atoms with Gasteiger partial charge >= 0.3 is 0 Å². The maximum atomic E-state index is 10.0. The molecule has 0 rings (SSSR count). The molecule has 0 aromatic rings. The second-order valence-corrected chi connectivity index (χ2v) is 7.66. The Morgan fingerprint density at radius 2 is 1.22 bits per heavy atom. The van der Waals surface area contributed by atoms with Gasteiger partial charge in [0.25, 0.3) is 0 Å². The van der Waals surface area contributed by atoms with Gasteiger partial charge in [0.1, 0.15) is 0 Å². The summed E-state index contributed by atoms with van der Waals surface area (Å²) in [7, 11) is 3.83. The quantitative estimate of drug-likeness (QED) is 0.502. The molecule has 5 heteroatoms. The topological polar surface area (TPSA) is 46.9 Å². The summed E-state index contributed by atoms with van der Waals surface area (Å²) in [6.45, 7) is 11.0. The Hall–Kier alpha value is 0.190. The van der Waals surface area contributed by atoms with Crippen molar-refractivity contribution in [1.82, 2.24) is 9.80 Å². The van der Waals surface area contributed by atoms with Gasteiger partial charge in [0.2, 0.25) is 0 Å². The maximum Gasteiger partial charge on any atom is 0.0938 e. The summed E-state index contributed by atoms with van der Waals surface area (Å²) < 4.78 is 0. The van der Waals surface area contributed by atoms with Crippen molar-refractivity contribution in [3.63, 3.8) is 0 Å². The van der Waals surface area contributed by atoms with E-state index in [1.807, 2.05) is 37.7 Å². The lowest BCUT2D eigenvalue weighted by Gasteiger charge is -2.37. The molecule has 2 unspecified atom stereocenters. The average Bonchev–Trinajstić information content (AvgIpc) is 2.14. The van der Waals surface area contributed by atoms with Crippen LogP contribution in [-0.4, -0.2) is 69.8 Å². The molecule has 4 nitrogen and oxygen atoms in total. The van der Waals surface area contributed by atoms with E-state index in [-0.39, 0.29) is 10.4 Å². The summed E-state index contributed by atoms with van der Waals surface area (Å²) in [5.41, 5.74) is -0.0184. The number of rotatable bonds is 6. The molecule has 0 saturated heterocycles. The van der Waals surface area contributed by atoms with Gasteiger partial charge in [-0.15, -0.1) is 0 Å². The molecule has 0 fully saturated rings. The first-order valence-electron chi connectivity index (χ1n) is 6.36. The predicted molar refractivity (Wildman–Crippen MR) is 80.1 cm³/mol. The SMILES string of the molecule is CN(CC(O)C(O)CN(C)C(C)(C)S)C(C)(C)C. The highest BCUT2D eigenvalue weighted by atomic mass is 32.1. The first-order chi connectivity index (χ1) is 7.85. The number of hydrogen-bond acceptors (Lipinski definition) is 5. The molecular formula is C13H30N2O2S. The Labute approximate surface area is 117 Å². The van der Waals surface area contributed by atoms with Gasteiger partial charge in [-0.3, -0.25) is 9.80 Å². The Balaban J connectivity index is 4.32. The lowest BCUT2D eigenvalue weighted by molar-refractivity contribution is -0.0295. The van der Waals surface area contributed by atoms with Crippen molar-refractivity contribution in [2.24, 2.45) is 0 Å². The normalized spacial score (nSPS) is 17.3. The highest BCUT2D eigenvalue weighted by Crippen LogP contribution is 2.18. The van der Waals surface area contributed by atoms with E-state index >= 15 is 0 Å². The third kappa shape index (κ3) is 6.38. The fourth-order valence-corrected chi connectivity index (χ4v) is 1.38. The van der Waals surface area contributed by atoms with Crippen molar-refractivity contribution >= 4 is 12.6 Å². The molecule has 0 heterocycles. The van der Waals surface area contributed by atoms with E-state index in [0.29, 0.717) is 13.1 Å². The molecule has 18 heavy (non-hydrogen) atoms. The minimum absolute atomic E-state index is 0.0184. The lowest BCUT2D eigenvalue weighted by Crippen LogP contribution is -2.50. The number of aliphatic hydroxyl groups excluding tert-OH is 2. The minimum Gasteiger partial charge on any atom is -0.389 e. The van der Waals surface area contributed by atoms with Crippen LogP contribution in [0.25, 0.3) is 0 Å². The van der Waals surface area contributed by atoms with Crippen LogP contribution in [0.15, 0.2) is 0 Å². The van der Waals surface area contributed by atoms with Crippen LogP contribution in [0, 0.1) is 0 Å². The van der Waals surface area contributed by atoms with Crippen LogP contribution in [0.3, 0.4) is 0 Å². The Kier molecular flexibility index (Phi) is 6.64. The number of nitrogens with zero attached hydrogens (tertiary/aromatic N) is 2. The second kappa shape index (κ2) is 6.57. The fraction of sp³-hybridized carbons (Fsp3) is 1.00. The van der Waals surface area contributed by atoms with E-state index in [4.69, 9.17) is 0 Å². The average molecular weight is 278 g/mol. The van der Waals surface area contributed by atoms with Crippen LogP contribution in [0.2, 0.25) is 0 Å². The first-order valence-corrected chi connectivity index (χ1v) is 6.81. The van der Waals surface area contributed by atoms with Crippen molar-refractivity contribution < 1.29 is 10.2 Å². The molecule has 2 atom stereocenters. The molecule has 0 aliphatic rings. The Morgan fingerprint density at radius 1 is 0.889 bits per heavy atom. The van der Waals surface area contributed by atoms with Crippen LogP contribution in [0.4, 0.5) is 0 Å². The van der Waals surface area contributed by atoms with Crippen LogP contribution in [-0.2, 0) is 0 Å². The van der Waals surface area contributed by atoms with Crippen LogP contribution >= 0.6 is 12.6 Å². The van der Waals surface area contributed by atoms with Crippen LogP contribution in [0.1, 0.15) is 34.6 Å². The standard InChI is InChI=1S/C13H30N2O2S/c1-12(2,3)14(6)8-10(16)11(17)9-15(7)13(4,5)18/h10-11,16-18H,8-9H2,1-7H3. The van der Waals surface area contributed by atoms with E-state index < -0.39 is 12.2 Å². The zero-order valence-electron chi connectivity index (χ0n) is 12.8. The molecule has 0 radical (unpaired) electrons. The van der Waals surface area contributed by atoms with Gasteiger partial charge < -0.3 is 10.2 Å². The molecule has 0 spiro atoms. The van der Waals surface area contributed by atoms with Crippen LogP contribution < -0.4 is 0 Å². The summed E-state index contributed by atoms with van der Waals surface area (Å²) in [5.74, 6) is 0. The zero-order valence-corrected chi connectivity index (χ0v) is 13.7. The van der Waals surface area contributed by atoms with Gasteiger partial charge in [0, 0.05) is 18.6 Å². The highest BCUT2D eigenvalue weighted by molar-refractivity contribution is 7.81. The summed E-state index contributed by atoms with van der Waals surface area (Å²) in [6.07, 6.45) is -1.53. The number of hydrogen-bond donors (Lipinski definition) is 3. The van der Waals surface area contributed by atoms with E-state index in [1.165, 1.54) is 0 Å². The number of β-amino-alcohol motifs (C(OH)–C–C–N with tert-alkyl or cyclic N) is 1. The lowest BCUT2D eigenvalue weighted by atomic mass is 10.0. The molecule has 0 aliphatic heterocycles. The third-order valence-corrected chi connectivity index (χ3v) is 3.79. The molecule has 0 amide bonds. The molecule has 0 bridgehead atoms. The Bertz CT molecular complexity index is 222. The van der Waals surface area contributed by atoms with E-state index in [2.05, 4.69) is 33.4 Å². The first kappa shape index (κ1) is 18.2. The molecule has 0 saturated carbocycles. The summed E-state index contributed by atoms with van der Waals surface area (Å²) in [5, 5.41) is 20.0. The maximum absolute atomic E-state index is 10.0. The van der Waals surface area contributed by atoms with Gasteiger partial charge in [-0.1, -0.05) is 0 Å². The van der Waals surface area contributed by atoms with E-state index in [9.17, 15) is 10.2 Å². The largest absolute Gasteiger partial charge is 0.389 e. The highest BCUT2D eigenvalue weighted by Gasteiger charge is 2.27. The summed E-state index contributed by atoms with van der Waals surface area (Å²) >= 11 is 4.43. The van der Waals surface area contributed by atoms with Crippen LogP contribution in [0.5, 0.6) is 0 Å². The van der Waals surface area contributed by atoms with Crippen molar-refractivity contribution in [2.75, 3.05) is 27.2 Å². The fourth-order valence-electron chi connectivity index (χ4n) is 1.30. The Morgan fingerprint density at radius 3 is 1.50 bits per heavy atom. The van der Waals surface area contributed by atoms with E-state index in [0.717, 1.165) is 0 Å². The van der Waals surface area contributed by atoms with Gasteiger partial charge in [0.15, 0.2) is 0 Å². The van der Waals surface area contributed by atoms with E-state index in [1.54, 1.807) is 0 Å². The third-order valence-electron chi connectivity index (χ3n) is 3.45. The molecule has 0 aromatic heterocycles. The number of thiol groups is 1. The zero-order chi connectivity index (χ0) is 14.7. The van der Waals surface area contributed by atoms with Gasteiger partial charge in [-0.25, -0.2) is 0 Å². The van der Waals surface area contributed by atoms with Gasteiger partial charge in [0.05, 0.1) is 17.1 Å². The monoisotopic (exact) mass is 278 g/mol. The van der Waals surface area contributed by atoms with Gasteiger partial charge in [-0.2, -0.15) is 12.6 Å². The number of likely N-dealkylation sites (N-methyl/N-ethyl adjacent to an activating group) is 2. The van der Waals surface area contributed by atoms with Crippen molar-refractivity contribution in [2.45, 2.75) is 57.2 Å². The van der Waals surface area contributed by atoms with Crippen molar-refractivity contribution in [1.29, 1.82) is 0 Å². The predicted octanol–water partition coefficient (Wildman–Crippen LogP) is 1.04. The number of aliphatic hydroxyl groups is 2. The molecular weight excluding hydrogens is 248 g/mol. The smallest absolute Gasteiger partial charge is 0.0938 e. The molecule has 0 aliphatic carbocycles. The molecule has 0 aromatic carbocycles. The van der Waals surface area contributed by atoms with Gasteiger partial charge in [-0.05, 0) is 48.7 Å². The van der Waals surface area contributed by atoms with Crippen molar-refractivity contribution in [3.8, 4) is 0 Å². The van der Waals surface area contributed by atoms with Crippen molar-refractivity contribution in [3.05, 3.63) is 0 Å². The summed E-state index contributed by atoms with van der Waals surface area (Å²) in [4.78, 5) is 3.64.